The van der Waals surface area contributed by atoms with Crippen LogP contribution in [0.3, 0.4) is 0 Å². The van der Waals surface area contributed by atoms with Gasteiger partial charge in [0.1, 0.15) is 5.60 Å². The van der Waals surface area contributed by atoms with Gasteiger partial charge in [-0.25, -0.2) is 4.79 Å². The summed E-state index contributed by atoms with van der Waals surface area (Å²) < 4.78 is 5.84. The number of piperidine rings is 1. The SMILES string of the molecule is CN1CCC2(CC1)OC(=O)c1cc(N3CCCC3)ccc12. The summed E-state index contributed by atoms with van der Waals surface area (Å²) in [6.07, 6.45) is 4.31. The molecular weight excluding hydrogens is 264 g/mol. The zero-order chi connectivity index (χ0) is 14.4. The highest BCUT2D eigenvalue weighted by atomic mass is 16.6. The summed E-state index contributed by atoms with van der Waals surface area (Å²) in [5.41, 5.74) is 2.73. The van der Waals surface area contributed by atoms with E-state index in [4.69, 9.17) is 4.74 Å². The first kappa shape index (κ1) is 13.1. The van der Waals surface area contributed by atoms with Crippen LogP contribution in [0.15, 0.2) is 18.2 Å². The maximum Gasteiger partial charge on any atom is 0.339 e. The van der Waals surface area contributed by atoms with E-state index in [1.165, 1.54) is 18.5 Å². The smallest absolute Gasteiger partial charge is 0.339 e. The Morgan fingerprint density at radius 3 is 2.52 bits per heavy atom. The van der Waals surface area contributed by atoms with Crippen molar-refractivity contribution in [1.82, 2.24) is 4.90 Å². The summed E-state index contributed by atoms with van der Waals surface area (Å²) in [5.74, 6) is -0.129. The quantitative estimate of drug-likeness (QED) is 0.742. The molecule has 0 radical (unpaired) electrons. The molecule has 21 heavy (non-hydrogen) atoms. The summed E-state index contributed by atoms with van der Waals surface area (Å²) in [7, 11) is 2.13. The van der Waals surface area contributed by atoms with Gasteiger partial charge >= 0.3 is 5.97 Å². The number of ether oxygens (including phenoxy) is 1. The van der Waals surface area contributed by atoms with Gasteiger partial charge in [0.25, 0.3) is 0 Å². The number of fused-ring (bicyclic) bond motifs is 2. The van der Waals surface area contributed by atoms with Crippen LogP contribution in [0.4, 0.5) is 5.69 Å². The average Bonchev–Trinajstić information content (AvgIpc) is 3.11. The Balaban J connectivity index is 1.69. The van der Waals surface area contributed by atoms with Gasteiger partial charge in [-0.15, -0.1) is 0 Å². The number of rotatable bonds is 1. The van der Waals surface area contributed by atoms with E-state index in [1.54, 1.807) is 0 Å². The van der Waals surface area contributed by atoms with Crippen LogP contribution in [-0.2, 0) is 10.3 Å². The number of hydrogen-bond donors (Lipinski definition) is 0. The van der Waals surface area contributed by atoms with Gasteiger partial charge in [0.15, 0.2) is 0 Å². The van der Waals surface area contributed by atoms with E-state index in [0.29, 0.717) is 0 Å². The number of likely N-dealkylation sites (tertiary alicyclic amines) is 1. The highest BCUT2D eigenvalue weighted by Crippen LogP contribution is 2.45. The number of carbonyl (C=O) groups is 1. The Morgan fingerprint density at radius 1 is 1.10 bits per heavy atom. The average molecular weight is 286 g/mol. The van der Waals surface area contributed by atoms with Crippen LogP contribution in [0.25, 0.3) is 0 Å². The molecule has 0 unspecified atom stereocenters. The molecule has 0 bridgehead atoms. The van der Waals surface area contributed by atoms with E-state index in [-0.39, 0.29) is 11.6 Å². The fourth-order valence-corrected chi connectivity index (χ4v) is 3.91. The number of esters is 1. The molecule has 4 rings (SSSR count). The topological polar surface area (TPSA) is 32.8 Å². The fraction of sp³-hybridized carbons (Fsp3) is 0.588. The van der Waals surface area contributed by atoms with Gasteiger partial charge in [-0.1, -0.05) is 6.07 Å². The van der Waals surface area contributed by atoms with Crippen molar-refractivity contribution >= 4 is 11.7 Å². The van der Waals surface area contributed by atoms with E-state index < -0.39 is 0 Å². The number of carbonyl (C=O) groups excluding carboxylic acids is 1. The predicted octanol–water partition coefficient (Wildman–Crippen LogP) is 2.38. The summed E-state index contributed by atoms with van der Waals surface area (Å²) in [5, 5.41) is 0. The molecule has 0 amide bonds. The minimum atomic E-state index is -0.359. The lowest BCUT2D eigenvalue weighted by molar-refractivity contribution is -0.0394. The van der Waals surface area contributed by atoms with Crippen LogP contribution in [0.5, 0.6) is 0 Å². The van der Waals surface area contributed by atoms with Crippen molar-refractivity contribution in [3.05, 3.63) is 29.3 Å². The first-order valence-electron chi connectivity index (χ1n) is 7.99. The molecule has 4 nitrogen and oxygen atoms in total. The second-order valence-electron chi connectivity index (χ2n) is 6.61. The Kier molecular flexibility index (Phi) is 2.96. The van der Waals surface area contributed by atoms with Crippen molar-refractivity contribution in [3.8, 4) is 0 Å². The largest absolute Gasteiger partial charge is 0.450 e. The zero-order valence-corrected chi connectivity index (χ0v) is 12.6. The predicted molar refractivity (Wildman–Crippen MR) is 81.7 cm³/mol. The van der Waals surface area contributed by atoms with Gasteiger partial charge in [-0.05, 0) is 32.0 Å². The number of nitrogens with zero attached hydrogens (tertiary/aromatic N) is 2. The summed E-state index contributed by atoms with van der Waals surface area (Å²) in [6.45, 7) is 4.18. The molecule has 0 aromatic heterocycles. The molecule has 2 saturated heterocycles. The third-order valence-corrected chi connectivity index (χ3v) is 5.27. The Bertz CT molecular complexity index is 570. The number of anilines is 1. The van der Waals surface area contributed by atoms with Gasteiger partial charge < -0.3 is 14.5 Å². The molecule has 3 heterocycles. The van der Waals surface area contributed by atoms with Crippen LogP contribution in [0.2, 0.25) is 0 Å². The van der Waals surface area contributed by atoms with Crippen molar-refractivity contribution in [1.29, 1.82) is 0 Å². The van der Waals surface area contributed by atoms with E-state index in [1.807, 2.05) is 0 Å². The summed E-state index contributed by atoms with van der Waals surface area (Å²) in [6, 6.07) is 6.36. The molecule has 0 N–H and O–H groups in total. The van der Waals surface area contributed by atoms with Crippen molar-refractivity contribution in [2.24, 2.45) is 0 Å². The van der Waals surface area contributed by atoms with Crippen molar-refractivity contribution < 1.29 is 9.53 Å². The highest BCUT2D eigenvalue weighted by Gasteiger charge is 2.47. The van der Waals surface area contributed by atoms with Crippen LogP contribution in [0, 0.1) is 0 Å². The monoisotopic (exact) mass is 286 g/mol. The molecule has 4 heteroatoms. The van der Waals surface area contributed by atoms with E-state index in [0.717, 1.165) is 50.1 Å². The Hall–Kier alpha value is -1.55. The molecular formula is C17H22N2O2. The summed E-state index contributed by atoms with van der Waals surface area (Å²) >= 11 is 0. The second kappa shape index (κ2) is 4.73. The van der Waals surface area contributed by atoms with Gasteiger partial charge in [-0.2, -0.15) is 0 Å². The lowest BCUT2D eigenvalue weighted by Crippen LogP contribution is -2.40. The van der Waals surface area contributed by atoms with Crippen LogP contribution in [-0.4, -0.2) is 44.1 Å². The molecule has 0 atom stereocenters. The van der Waals surface area contributed by atoms with E-state index in [2.05, 4.69) is 35.0 Å². The van der Waals surface area contributed by atoms with Crippen molar-refractivity contribution in [2.75, 3.05) is 38.1 Å². The standard InChI is InChI=1S/C17H22N2O2/c1-18-10-6-17(7-11-18)15-5-4-13(19-8-2-3-9-19)12-14(15)16(20)21-17/h4-5,12H,2-3,6-11H2,1H3. The molecule has 3 aliphatic rings. The van der Waals surface area contributed by atoms with Crippen molar-refractivity contribution in [2.45, 2.75) is 31.3 Å². The van der Waals surface area contributed by atoms with Gasteiger partial charge in [0.05, 0.1) is 5.56 Å². The van der Waals surface area contributed by atoms with Crippen molar-refractivity contribution in [3.63, 3.8) is 0 Å². The third-order valence-electron chi connectivity index (χ3n) is 5.27. The van der Waals surface area contributed by atoms with Gasteiger partial charge in [-0.3, -0.25) is 0 Å². The molecule has 1 spiro atoms. The lowest BCUT2D eigenvalue weighted by Gasteiger charge is -2.37. The van der Waals surface area contributed by atoms with Gasteiger partial charge in [0, 0.05) is 50.3 Å². The first-order valence-corrected chi connectivity index (χ1v) is 7.99. The normalized spacial score (nSPS) is 24.4. The molecule has 1 aromatic rings. The highest BCUT2D eigenvalue weighted by molar-refractivity contribution is 5.96. The first-order chi connectivity index (χ1) is 10.2. The third kappa shape index (κ3) is 2.04. The van der Waals surface area contributed by atoms with Crippen LogP contribution < -0.4 is 4.90 Å². The molecule has 2 fully saturated rings. The van der Waals surface area contributed by atoms with E-state index >= 15 is 0 Å². The van der Waals surface area contributed by atoms with Crippen LogP contribution >= 0.6 is 0 Å². The number of benzene rings is 1. The van der Waals surface area contributed by atoms with E-state index in [9.17, 15) is 4.79 Å². The molecule has 112 valence electrons. The Labute approximate surface area is 125 Å². The minimum Gasteiger partial charge on any atom is -0.450 e. The maximum atomic E-state index is 12.3. The number of hydrogen-bond acceptors (Lipinski definition) is 4. The second-order valence-corrected chi connectivity index (χ2v) is 6.61. The molecule has 0 saturated carbocycles. The molecule has 3 aliphatic heterocycles. The summed E-state index contributed by atoms with van der Waals surface area (Å²) in [4.78, 5) is 17.0. The van der Waals surface area contributed by atoms with Crippen LogP contribution in [0.1, 0.15) is 41.6 Å². The Morgan fingerprint density at radius 2 is 1.81 bits per heavy atom. The lowest BCUT2D eigenvalue weighted by atomic mass is 9.84. The van der Waals surface area contributed by atoms with Gasteiger partial charge in [0.2, 0.25) is 0 Å². The maximum absolute atomic E-state index is 12.3. The fourth-order valence-electron chi connectivity index (χ4n) is 3.91. The molecule has 1 aromatic carbocycles. The molecule has 0 aliphatic carbocycles. The zero-order valence-electron chi connectivity index (χ0n) is 12.6. The minimum absolute atomic E-state index is 0.129.